The lowest BCUT2D eigenvalue weighted by molar-refractivity contribution is -0.117. The Balaban J connectivity index is 1.41. The summed E-state index contributed by atoms with van der Waals surface area (Å²) in [5.74, 6) is -0.304. The molecule has 1 fully saturated rings. The molecule has 0 bridgehead atoms. The Labute approximate surface area is 197 Å². The predicted molar refractivity (Wildman–Crippen MR) is 128 cm³/mol. The van der Waals surface area contributed by atoms with Crippen molar-refractivity contribution in [3.05, 3.63) is 88.9 Å². The topological polar surface area (TPSA) is 104 Å². The molecule has 0 atom stereocenters. The summed E-state index contributed by atoms with van der Waals surface area (Å²) in [5, 5.41) is 5.93. The Morgan fingerprint density at radius 3 is 2.45 bits per heavy atom. The van der Waals surface area contributed by atoms with Crippen molar-refractivity contribution in [3.63, 3.8) is 0 Å². The van der Waals surface area contributed by atoms with E-state index in [1.165, 1.54) is 24.3 Å². The number of benzene rings is 3. The number of para-hydroxylation sites is 1. The van der Waals surface area contributed by atoms with Gasteiger partial charge in [-0.25, -0.2) is 8.42 Å². The van der Waals surface area contributed by atoms with Gasteiger partial charge in [-0.2, -0.15) is 0 Å². The number of amides is 2. The van der Waals surface area contributed by atoms with Crippen LogP contribution in [-0.2, 0) is 21.4 Å². The molecule has 7 nitrogen and oxygen atoms in total. The van der Waals surface area contributed by atoms with Gasteiger partial charge in [0.1, 0.15) is 0 Å². The molecule has 3 N–H and O–H groups in total. The van der Waals surface area contributed by atoms with E-state index in [1.807, 2.05) is 6.07 Å². The van der Waals surface area contributed by atoms with E-state index in [4.69, 9.17) is 11.6 Å². The number of nitrogens with one attached hydrogen (secondary N) is 3. The van der Waals surface area contributed by atoms with Crippen molar-refractivity contribution in [1.82, 2.24) is 5.32 Å². The van der Waals surface area contributed by atoms with Gasteiger partial charge >= 0.3 is 0 Å². The highest BCUT2D eigenvalue weighted by Crippen LogP contribution is 2.30. The number of rotatable bonds is 8. The SMILES string of the molecule is O=C(NCc1cccc(NC(=O)C2CC2)c1)c1cccc(S(=O)(=O)Nc2ccccc2Cl)c1. The van der Waals surface area contributed by atoms with E-state index in [0.29, 0.717) is 5.69 Å². The molecule has 3 aromatic rings. The average Bonchev–Trinajstić information content (AvgIpc) is 3.65. The van der Waals surface area contributed by atoms with Crippen LogP contribution in [0.4, 0.5) is 11.4 Å². The highest BCUT2D eigenvalue weighted by molar-refractivity contribution is 7.92. The van der Waals surface area contributed by atoms with Crippen LogP contribution < -0.4 is 15.4 Å². The van der Waals surface area contributed by atoms with Crippen LogP contribution in [-0.4, -0.2) is 20.2 Å². The summed E-state index contributed by atoms with van der Waals surface area (Å²) < 4.78 is 27.9. The minimum absolute atomic E-state index is 0.0135. The molecule has 0 aliphatic heterocycles. The lowest BCUT2D eigenvalue weighted by Crippen LogP contribution is -2.23. The van der Waals surface area contributed by atoms with Crippen molar-refractivity contribution >= 4 is 44.8 Å². The van der Waals surface area contributed by atoms with Gasteiger partial charge in [0.25, 0.3) is 15.9 Å². The summed E-state index contributed by atoms with van der Waals surface area (Å²) in [7, 11) is -3.93. The number of sulfonamides is 1. The molecule has 0 radical (unpaired) electrons. The zero-order valence-electron chi connectivity index (χ0n) is 17.5. The van der Waals surface area contributed by atoms with Gasteiger partial charge in [-0.15, -0.1) is 0 Å². The molecule has 0 unspecified atom stereocenters. The second-order valence-corrected chi connectivity index (χ2v) is 9.85. The molecule has 4 rings (SSSR count). The van der Waals surface area contributed by atoms with Crippen LogP contribution >= 0.6 is 11.6 Å². The van der Waals surface area contributed by atoms with E-state index in [-0.39, 0.29) is 39.5 Å². The van der Waals surface area contributed by atoms with Gasteiger partial charge in [-0.05, 0) is 60.9 Å². The minimum Gasteiger partial charge on any atom is -0.348 e. The predicted octanol–water partition coefficient (Wildman–Crippen LogP) is 4.42. The molecular weight excluding hydrogens is 462 g/mol. The lowest BCUT2D eigenvalue weighted by Gasteiger charge is -2.11. The Morgan fingerprint density at radius 1 is 0.939 bits per heavy atom. The molecule has 3 aromatic carbocycles. The van der Waals surface area contributed by atoms with Crippen molar-refractivity contribution in [2.45, 2.75) is 24.3 Å². The van der Waals surface area contributed by atoms with E-state index in [1.54, 1.807) is 42.5 Å². The highest BCUT2D eigenvalue weighted by Gasteiger charge is 2.29. The summed E-state index contributed by atoms with van der Waals surface area (Å²) in [6, 6.07) is 19.5. The summed E-state index contributed by atoms with van der Waals surface area (Å²) >= 11 is 6.04. The van der Waals surface area contributed by atoms with Gasteiger partial charge in [0, 0.05) is 23.7 Å². The monoisotopic (exact) mass is 483 g/mol. The fraction of sp³-hybridized carbons (Fsp3) is 0.167. The van der Waals surface area contributed by atoms with Crippen molar-refractivity contribution < 1.29 is 18.0 Å². The molecule has 1 saturated carbocycles. The Bertz CT molecular complexity index is 1310. The number of hydrogen-bond acceptors (Lipinski definition) is 4. The van der Waals surface area contributed by atoms with Crippen LogP contribution in [0, 0.1) is 5.92 Å². The van der Waals surface area contributed by atoms with Crippen LogP contribution in [0.5, 0.6) is 0 Å². The number of hydrogen-bond donors (Lipinski definition) is 3. The third-order valence-electron chi connectivity index (χ3n) is 5.12. The van der Waals surface area contributed by atoms with Crippen LogP contribution in [0.15, 0.2) is 77.7 Å². The van der Waals surface area contributed by atoms with Crippen molar-refractivity contribution in [2.24, 2.45) is 5.92 Å². The number of halogens is 1. The lowest BCUT2D eigenvalue weighted by atomic mass is 10.1. The number of anilines is 2. The van der Waals surface area contributed by atoms with Gasteiger partial charge < -0.3 is 10.6 Å². The second kappa shape index (κ2) is 9.64. The fourth-order valence-corrected chi connectivity index (χ4v) is 4.55. The summed E-state index contributed by atoms with van der Waals surface area (Å²) in [6.07, 6.45) is 1.84. The van der Waals surface area contributed by atoms with E-state index in [0.717, 1.165) is 18.4 Å². The van der Waals surface area contributed by atoms with Gasteiger partial charge in [-0.3, -0.25) is 14.3 Å². The summed E-state index contributed by atoms with van der Waals surface area (Å²) in [4.78, 5) is 24.5. The molecule has 0 aromatic heterocycles. The summed E-state index contributed by atoms with van der Waals surface area (Å²) in [5.41, 5.74) is 1.94. The minimum atomic E-state index is -3.93. The first-order valence-corrected chi connectivity index (χ1v) is 12.2. The van der Waals surface area contributed by atoms with Crippen LogP contribution in [0.25, 0.3) is 0 Å². The molecular formula is C24H22ClN3O4S. The summed E-state index contributed by atoms with van der Waals surface area (Å²) in [6.45, 7) is 0.223. The third kappa shape index (κ3) is 5.91. The Morgan fingerprint density at radius 2 is 1.70 bits per heavy atom. The van der Waals surface area contributed by atoms with Gasteiger partial charge in [0.2, 0.25) is 5.91 Å². The Kier molecular flexibility index (Phi) is 6.67. The maximum Gasteiger partial charge on any atom is 0.261 e. The normalized spacial score (nSPS) is 13.2. The van der Waals surface area contributed by atoms with Gasteiger partial charge in [0.15, 0.2) is 0 Å². The van der Waals surface area contributed by atoms with Crippen LogP contribution in [0.1, 0.15) is 28.8 Å². The molecule has 0 saturated heterocycles. The van der Waals surface area contributed by atoms with Gasteiger partial charge in [-0.1, -0.05) is 41.9 Å². The molecule has 9 heteroatoms. The van der Waals surface area contributed by atoms with Crippen molar-refractivity contribution in [2.75, 3.05) is 10.0 Å². The standard InChI is InChI=1S/C24H22ClN3O4S/c25-21-9-1-2-10-22(21)28-33(31,32)20-8-4-6-18(14-20)23(29)26-15-16-5-3-7-19(13-16)27-24(30)17-11-12-17/h1-10,13-14,17,28H,11-12,15H2,(H,26,29)(H,27,30). The van der Waals surface area contributed by atoms with E-state index < -0.39 is 15.9 Å². The van der Waals surface area contributed by atoms with E-state index >= 15 is 0 Å². The molecule has 1 aliphatic carbocycles. The van der Waals surface area contributed by atoms with Gasteiger partial charge in [0.05, 0.1) is 15.6 Å². The molecule has 33 heavy (non-hydrogen) atoms. The maximum atomic E-state index is 12.7. The first kappa shape index (κ1) is 22.8. The third-order valence-corrected chi connectivity index (χ3v) is 6.81. The largest absolute Gasteiger partial charge is 0.348 e. The van der Waals surface area contributed by atoms with Crippen molar-refractivity contribution in [3.8, 4) is 0 Å². The maximum absolute atomic E-state index is 12.7. The van der Waals surface area contributed by atoms with Crippen LogP contribution in [0.2, 0.25) is 5.02 Å². The Hall–Kier alpha value is -3.36. The fourth-order valence-electron chi connectivity index (χ4n) is 3.19. The zero-order valence-corrected chi connectivity index (χ0v) is 19.1. The van der Waals surface area contributed by atoms with E-state index in [2.05, 4.69) is 15.4 Å². The number of carbonyl (C=O) groups is 2. The molecule has 0 heterocycles. The van der Waals surface area contributed by atoms with E-state index in [9.17, 15) is 18.0 Å². The first-order chi connectivity index (χ1) is 15.8. The molecule has 0 spiro atoms. The molecule has 2 amide bonds. The zero-order chi connectivity index (χ0) is 23.4. The van der Waals surface area contributed by atoms with Crippen molar-refractivity contribution in [1.29, 1.82) is 0 Å². The van der Waals surface area contributed by atoms with Crippen LogP contribution in [0.3, 0.4) is 0 Å². The molecule has 170 valence electrons. The average molecular weight is 484 g/mol. The quantitative estimate of drug-likeness (QED) is 0.441. The first-order valence-electron chi connectivity index (χ1n) is 10.4. The smallest absolute Gasteiger partial charge is 0.261 e. The highest BCUT2D eigenvalue weighted by atomic mass is 35.5. The molecule has 1 aliphatic rings. The second-order valence-electron chi connectivity index (χ2n) is 7.76. The number of carbonyl (C=O) groups excluding carboxylic acids is 2.